The molecule has 0 radical (unpaired) electrons. The number of hydrogen-bond acceptors (Lipinski definition) is 4. The van der Waals surface area contributed by atoms with Crippen LogP contribution in [0.1, 0.15) is 13.8 Å². The topological polar surface area (TPSA) is 36.9 Å². The first-order valence-corrected chi connectivity index (χ1v) is 4.88. The monoisotopic (exact) mass is 204 g/mol. The molecule has 0 aromatic rings. The van der Waals surface area contributed by atoms with Gasteiger partial charge in [-0.15, -0.1) is 0 Å². The van der Waals surface area contributed by atoms with Crippen molar-refractivity contribution in [1.82, 2.24) is 0 Å². The SMILES string of the molecule is C=COCCOCC(OCC)OCC. The molecule has 0 unspecified atom stereocenters. The molecule has 0 aromatic carbocycles. The molecular formula is C10H20O4. The van der Waals surface area contributed by atoms with Gasteiger partial charge < -0.3 is 18.9 Å². The van der Waals surface area contributed by atoms with Crippen LogP contribution >= 0.6 is 0 Å². The third kappa shape index (κ3) is 8.04. The van der Waals surface area contributed by atoms with Gasteiger partial charge in [0.05, 0.1) is 19.5 Å². The summed E-state index contributed by atoms with van der Waals surface area (Å²) in [4.78, 5) is 0. The average molecular weight is 204 g/mol. The third-order valence-electron chi connectivity index (χ3n) is 1.42. The Bertz CT molecular complexity index is 121. The van der Waals surface area contributed by atoms with E-state index in [1.807, 2.05) is 13.8 Å². The van der Waals surface area contributed by atoms with E-state index in [1.54, 1.807) is 0 Å². The van der Waals surface area contributed by atoms with Crippen molar-refractivity contribution < 1.29 is 18.9 Å². The fourth-order valence-electron chi connectivity index (χ4n) is 0.886. The zero-order valence-electron chi connectivity index (χ0n) is 9.03. The van der Waals surface area contributed by atoms with Crippen LogP contribution in [0.4, 0.5) is 0 Å². The van der Waals surface area contributed by atoms with Crippen LogP contribution in [-0.4, -0.2) is 39.3 Å². The molecule has 14 heavy (non-hydrogen) atoms. The summed E-state index contributed by atoms with van der Waals surface area (Å²) in [5, 5.41) is 0. The normalized spacial score (nSPS) is 10.5. The predicted octanol–water partition coefficient (Wildman–Crippen LogP) is 1.56. The molecule has 0 bridgehead atoms. The summed E-state index contributed by atoms with van der Waals surface area (Å²) >= 11 is 0. The predicted molar refractivity (Wildman–Crippen MR) is 54.0 cm³/mol. The van der Waals surface area contributed by atoms with Crippen LogP contribution in [0.3, 0.4) is 0 Å². The van der Waals surface area contributed by atoms with E-state index < -0.39 is 0 Å². The summed E-state index contributed by atoms with van der Waals surface area (Å²) in [6.07, 6.45) is 1.13. The van der Waals surface area contributed by atoms with Gasteiger partial charge in [-0.1, -0.05) is 6.58 Å². The van der Waals surface area contributed by atoms with E-state index in [0.29, 0.717) is 33.0 Å². The number of ether oxygens (including phenoxy) is 4. The van der Waals surface area contributed by atoms with Gasteiger partial charge in [0, 0.05) is 13.2 Å². The first-order valence-electron chi connectivity index (χ1n) is 4.88. The average Bonchev–Trinajstić information content (AvgIpc) is 2.18. The Morgan fingerprint density at radius 2 is 1.79 bits per heavy atom. The van der Waals surface area contributed by atoms with Gasteiger partial charge >= 0.3 is 0 Å². The van der Waals surface area contributed by atoms with E-state index in [9.17, 15) is 0 Å². The molecule has 0 amide bonds. The summed E-state index contributed by atoms with van der Waals surface area (Å²) in [7, 11) is 0. The smallest absolute Gasteiger partial charge is 0.180 e. The highest BCUT2D eigenvalue weighted by Crippen LogP contribution is 1.96. The summed E-state index contributed by atoms with van der Waals surface area (Å²) in [5.41, 5.74) is 0. The van der Waals surface area contributed by atoms with Gasteiger partial charge in [0.2, 0.25) is 0 Å². The van der Waals surface area contributed by atoms with Crippen LogP contribution in [0.25, 0.3) is 0 Å². The highest BCUT2D eigenvalue weighted by atomic mass is 16.7. The molecular weight excluding hydrogens is 184 g/mol. The molecule has 0 rings (SSSR count). The lowest BCUT2D eigenvalue weighted by molar-refractivity contribution is -0.168. The molecule has 0 aliphatic carbocycles. The zero-order chi connectivity index (χ0) is 10.6. The standard InChI is InChI=1S/C10H20O4/c1-4-11-7-8-12-9-10(13-5-2)14-6-3/h4,10H,1,5-9H2,2-3H3. The highest BCUT2D eigenvalue weighted by Gasteiger charge is 2.06. The van der Waals surface area contributed by atoms with Gasteiger partial charge in [0.1, 0.15) is 6.61 Å². The Morgan fingerprint density at radius 3 is 2.29 bits per heavy atom. The zero-order valence-corrected chi connectivity index (χ0v) is 9.03. The molecule has 0 aromatic heterocycles. The van der Waals surface area contributed by atoms with Crippen LogP contribution in [-0.2, 0) is 18.9 Å². The fourth-order valence-corrected chi connectivity index (χ4v) is 0.886. The minimum atomic E-state index is -0.270. The summed E-state index contributed by atoms with van der Waals surface area (Å²) in [6.45, 7) is 9.97. The van der Waals surface area contributed by atoms with Crippen LogP contribution in [0.5, 0.6) is 0 Å². The first kappa shape index (κ1) is 13.4. The molecule has 0 aliphatic rings. The quantitative estimate of drug-likeness (QED) is 0.307. The van der Waals surface area contributed by atoms with E-state index in [-0.39, 0.29) is 6.29 Å². The van der Waals surface area contributed by atoms with Crippen molar-refractivity contribution in [3.63, 3.8) is 0 Å². The summed E-state index contributed by atoms with van der Waals surface area (Å²) < 4.78 is 20.7. The van der Waals surface area contributed by atoms with E-state index in [0.717, 1.165) is 0 Å². The first-order chi connectivity index (χ1) is 6.85. The second kappa shape index (κ2) is 10.5. The van der Waals surface area contributed by atoms with Crippen LogP contribution in [0.2, 0.25) is 0 Å². The fraction of sp³-hybridized carbons (Fsp3) is 0.800. The summed E-state index contributed by atoms with van der Waals surface area (Å²) in [5.74, 6) is 0. The van der Waals surface area contributed by atoms with Crippen molar-refractivity contribution in [2.75, 3.05) is 33.0 Å². The molecule has 4 heteroatoms. The van der Waals surface area contributed by atoms with Crippen LogP contribution in [0, 0.1) is 0 Å². The second-order valence-electron chi connectivity index (χ2n) is 2.45. The lowest BCUT2D eigenvalue weighted by atomic mass is 10.6. The minimum Gasteiger partial charge on any atom is -0.499 e. The van der Waals surface area contributed by atoms with E-state index in [1.165, 1.54) is 6.26 Å². The van der Waals surface area contributed by atoms with Gasteiger partial charge in [-0.25, -0.2) is 0 Å². The third-order valence-corrected chi connectivity index (χ3v) is 1.42. The molecule has 0 spiro atoms. The maximum atomic E-state index is 5.28. The largest absolute Gasteiger partial charge is 0.499 e. The molecule has 0 N–H and O–H groups in total. The van der Waals surface area contributed by atoms with E-state index >= 15 is 0 Å². The molecule has 84 valence electrons. The van der Waals surface area contributed by atoms with Gasteiger partial charge in [0.15, 0.2) is 6.29 Å². The lowest BCUT2D eigenvalue weighted by Crippen LogP contribution is -2.24. The molecule has 0 heterocycles. The van der Waals surface area contributed by atoms with Gasteiger partial charge in [0.25, 0.3) is 0 Å². The molecule has 4 nitrogen and oxygen atoms in total. The van der Waals surface area contributed by atoms with Crippen molar-refractivity contribution in [2.24, 2.45) is 0 Å². The Labute approximate surface area is 85.8 Å². The maximum Gasteiger partial charge on any atom is 0.180 e. The van der Waals surface area contributed by atoms with Crippen molar-refractivity contribution in [1.29, 1.82) is 0 Å². The molecule has 0 saturated carbocycles. The summed E-state index contributed by atoms with van der Waals surface area (Å²) in [6, 6.07) is 0. The van der Waals surface area contributed by atoms with Gasteiger partial charge in [-0.05, 0) is 13.8 Å². The van der Waals surface area contributed by atoms with Crippen molar-refractivity contribution in [3.05, 3.63) is 12.8 Å². The van der Waals surface area contributed by atoms with Gasteiger partial charge in [-0.2, -0.15) is 0 Å². The second-order valence-corrected chi connectivity index (χ2v) is 2.45. The Kier molecular flexibility index (Phi) is 10.1. The van der Waals surface area contributed by atoms with Crippen LogP contribution in [0.15, 0.2) is 12.8 Å². The molecule has 0 atom stereocenters. The Morgan fingerprint density at radius 1 is 1.14 bits per heavy atom. The van der Waals surface area contributed by atoms with Crippen molar-refractivity contribution >= 4 is 0 Å². The molecule has 0 aliphatic heterocycles. The maximum absolute atomic E-state index is 5.28. The van der Waals surface area contributed by atoms with E-state index in [4.69, 9.17) is 18.9 Å². The number of hydrogen-bond donors (Lipinski definition) is 0. The Hall–Kier alpha value is -0.580. The Balaban J connectivity index is 3.34. The van der Waals surface area contributed by atoms with Crippen molar-refractivity contribution in [2.45, 2.75) is 20.1 Å². The van der Waals surface area contributed by atoms with E-state index in [2.05, 4.69) is 6.58 Å². The molecule has 0 fully saturated rings. The van der Waals surface area contributed by atoms with Gasteiger partial charge in [-0.3, -0.25) is 0 Å². The van der Waals surface area contributed by atoms with Crippen molar-refractivity contribution in [3.8, 4) is 0 Å². The van der Waals surface area contributed by atoms with Crippen LogP contribution < -0.4 is 0 Å². The lowest BCUT2D eigenvalue weighted by Gasteiger charge is -2.16. The minimum absolute atomic E-state index is 0.270. The molecule has 0 saturated heterocycles. The number of rotatable bonds is 10. The highest BCUT2D eigenvalue weighted by molar-refractivity contribution is 4.48.